The molecule has 0 fully saturated rings. The number of amides is 1. The quantitative estimate of drug-likeness (QED) is 0.590. The van der Waals surface area contributed by atoms with E-state index in [9.17, 15) is 27.2 Å². The smallest absolute Gasteiger partial charge is 0.321 e. The number of fused-ring (bicyclic) bond motifs is 1. The minimum Gasteiger partial charge on any atom is -0.321 e. The second-order valence-electron chi connectivity index (χ2n) is 5.74. The van der Waals surface area contributed by atoms with Crippen molar-refractivity contribution in [1.82, 2.24) is 4.57 Å². The van der Waals surface area contributed by atoms with Crippen LogP contribution in [0.4, 0.5) is 23.2 Å². The van der Waals surface area contributed by atoms with Crippen LogP contribution in [0, 0.1) is 5.82 Å². The Morgan fingerprint density at radius 3 is 2.44 bits per heavy atom. The number of anilines is 1. The molecular formula is C18H11ClF4N2O2. The highest BCUT2D eigenvalue weighted by atomic mass is 35.5. The van der Waals surface area contributed by atoms with Crippen LogP contribution >= 0.6 is 11.6 Å². The van der Waals surface area contributed by atoms with Crippen molar-refractivity contribution in [2.45, 2.75) is 13.1 Å². The van der Waals surface area contributed by atoms with Gasteiger partial charge in [-0.3, -0.25) is 14.2 Å². The van der Waals surface area contributed by atoms with Gasteiger partial charge in [-0.1, -0.05) is 11.6 Å². The molecule has 0 spiro atoms. The molecule has 2 aromatic carbocycles. The van der Waals surface area contributed by atoms with Gasteiger partial charge in [-0.25, -0.2) is 4.39 Å². The predicted octanol–water partition coefficient (Wildman–Crippen LogP) is 5.37. The first kappa shape index (κ1) is 18.9. The molecular weight excluding hydrogens is 388 g/mol. The second-order valence-corrected chi connectivity index (χ2v) is 6.17. The SMILES string of the molecule is CC(=O)n1cc(C(=O)Nc2ccc(Cl)cc2C(F)(F)F)c2ccc(F)cc21. The lowest BCUT2D eigenvalue weighted by Crippen LogP contribution is -2.16. The van der Waals surface area contributed by atoms with Crippen molar-refractivity contribution in [3.05, 3.63) is 64.6 Å². The molecule has 0 radical (unpaired) electrons. The Bertz CT molecular complexity index is 1070. The monoisotopic (exact) mass is 398 g/mol. The van der Waals surface area contributed by atoms with Crippen LogP contribution in [-0.2, 0) is 6.18 Å². The molecule has 1 heterocycles. The van der Waals surface area contributed by atoms with Gasteiger partial charge in [0.05, 0.1) is 22.3 Å². The van der Waals surface area contributed by atoms with E-state index in [0.717, 1.165) is 29.0 Å². The maximum Gasteiger partial charge on any atom is 0.418 e. The van der Waals surface area contributed by atoms with Crippen LogP contribution in [0.2, 0.25) is 5.02 Å². The van der Waals surface area contributed by atoms with Crippen LogP contribution < -0.4 is 5.32 Å². The van der Waals surface area contributed by atoms with Gasteiger partial charge in [-0.2, -0.15) is 13.2 Å². The molecule has 0 aliphatic rings. The maximum atomic E-state index is 13.5. The van der Waals surface area contributed by atoms with Crippen molar-refractivity contribution < 1.29 is 27.2 Å². The zero-order valence-electron chi connectivity index (χ0n) is 13.7. The Hall–Kier alpha value is -2.87. The number of rotatable bonds is 2. The summed E-state index contributed by atoms with van der Waals surface area (Å²) in [5.41, 5.74) is -1.52. The number of alkyl halides is 3. The average Bonchev–Trinajstić information content (AvgIpc) is 2.94. The lowest BCUT2D eigenvalue weighted by Gasteiger charge is -2.14. The summed E-state index contributed by atoms with van der Waals surface area (Å²) in [6, 6.07) is 6.38. The third kappa shape index (κ3) is 3.66. The normalized spacial score (nSPS) is 11.6. The number of carbonyl (C=O) groups excluding carboxylic acids is 2. The number of carbonyl (C=O) groups is 2. The minimum absolute atomic E-state index is 0.0664. The van der Waals surface area contributed by atoms with E-state index in [-0.39, 0.29) is 21.5 Å². The third-order valence-electron chi connectivity index (χ3n) is 3.89. The molecule has 0 aliphatic carbocycles. The van der Waals surface area contributed by atoms with Crippen molar-refractivity contribution in [2.24, 2.45) is 0 Å². The highest BCUT2D eigenvalue weighted by Gasteiger charge is 2.34. The van der Waals surface area contributed by atoms with Gasteiger partial charge in [0.25, 0.3) is 5.91 Å². The van der Waals surface area contributed by atoms with Crippen LogP contribution in [0.3, 0.4) is 0 Å². The molecule has 140 valence electrons. The maximum absolute atomic E-state index is 13.5. The number of hydrogen-bond donors (Lipinski definition) is 1. The molecule has 27 heavy (non-hydrogen) atoms. The molecule has 4 nitrogen and oxygen atoms in total. The average molecular weight is 399 g/mol. The molecule has 3 aromatic rings. The van der Waals surface area contributed by atoms with E-state index < -0.39 is 35.1 Å². The first-order valence-corrected chi connectivity index (χ1v) is 7.95. The molecule has 0 atom stereocenters. The standard InChI is InChI=1S/C18H11ClF4N2O2/c1-9(26)25-8-13(12-4-3-11(20)7-16(12)25)17(27)24-15-5-2-10(19)6-14(15)18(21,22)23/h2-8H,1H3,(H,24,27). The van der Waals surface area contributed by atoms with Crippen LogP contribution in [-0.4, -0.2) is 16.4 Å². The highest BCUT2D eigenvalue weighted by molar-refractivity contribution is 6.30. The van der Waals surface area contributed by atoms with Crippen molar-refractivity contribution in [1.29, 1.82) is 0 Å². The van der Waals surface area contributed by atoms with E-state index >= 15 is 0 Å². The minimum atomic E-state index is -4.73. The molecule has 1 aromatic heterocycles. The van der Waals surface area contributed by atoms with Crippen molar-refractivity contribution in [3.63, 3.8) is 0 Å². The first-order valence-electron chi connectivity index (χ1n) is 7.57. The molecule has 0 saturated carbocycles. The van der Waals surface area contributed by atoms with E-state index in [2.05, 4.69) is 5.32 Å². The molecule has 0 saturated heterocycles. The fourth-order valence-corrected chi connectivity index (χ4v) is 2.86. The Morgan fingerprint density at radius 2 is 1.81 bits per heavy atom. The van der Waals surface area contributed by atoms with E-state index in [1.807, 2.05) is 0 Å². The summed E-state index contributed by atoms with van der Waals surface area (Å²) in [4.78, 5) is 24.3. The van der Waals surface area contributed by atoms with Gasteiger partial charge >= 0.3 is 6.18 Å². The number of nitrogens with one attached hydrogen (secondary N) is 1. The summed E-state index contributed by atoms with van der Waals surface area (Å²) in [7, 11) is 0. The molecule has 0 aliphatic heterocycles. The van der Waals surface area contributed by atoms with Gasteiger partial charge in [0.1, 0.15) is 5.82 Å². The zero-order chi connectivity index (χ0) is 19.9. The van der Waals surface area contributed by atoms with E-state index in [1.54, 1.807) is 0 Å². The van der Waals surface area contributed by atoms with Gasteiger partial charge in [0.15, 0.2) is 0 Å². The summed E-state index contributed by atoms with van der Waals surface area (Å²) in [6.07, 6.45) is -3.57. The third-order valence-corrected chi connectivity index (χ3v) is 4.12. The van der Waals surface area contributed by atoms with Crippen LogP contribution in [0.5, 0.6) is 0 Å². The molecule has 9 heteroatoms. The molecule has 0 bridgehead atoms. The number of nitrogens with zero attached hydrogens (tertiary/aromatic N) is 1. The second kappa shape index (κ2) is 6.70. The number of hydrogen-bond acceptors (Lipinski definition) is 2. The van der Waals surface area contributed by atoms with Gasteiger partial charge in [-0.05, 0) is 36.4 Å². The lowest BCUT2D eigenvalue weighted by molar-refractivity contribution is -0.136. The van der Waals surface area contributed by atoms with Crippen molar-refractivity contribution >= 4 is 40.0 Å². The lowest BCUT2D eigenvalue weighted by atomic mass is 10.1. The summed E-state index contributed by atoms with van der Waals surface area (Å²) in [5, 5.41) is 2.28. The van der Waals surface area contributed by atoms with E-state index in [0.29, 0.717) is 6.07 Å². The van der Waals surface area contributed by atoms with Crippen molar-refractivity contribution in [3.8, 4) is 0 Å². The van der Waals surface area contributed by atoms with Crippen LogP contribution in [0.1, 0.15) is 27.6 Å². The summed E-state index contributed by atoms with van der Waals surface area (Å²) in [5.74, 6) is -1.97. The van der Waals surface area contributed by atoms with Gasteiger partial charge < -0.3 is 5.32 Å². The van der Waals surface area contributed by atoms with Crippen molar-refractivity contribution in [2.75, 3.05) is 5.32 Å². The summed E-state index contributed by atoms with van der Waals surface area (Å²) < 4.78 is 54.1. The fourth-order valence-electron chi connectivity index (χ4n) is 2.69. The Kier molecular flexibility index (Phi) is 4.69. The Morgan fingerprint density at radius 1 is 1.11 bits per heavy atom. The Balaban J connectivity index is 2.07. The van der Waals surface area contributed by atoms with Crippen LogP contribution in [0.25, 0.3) is 10.9 Å². The number of benzene rings is 2. The van der Waals surface area contributed by atoms with Crippen LogP contribution in [0.15, 0.2) is 42.6 Å². The number of halogens is 5. The molecule has 1 amide bonds. The van der Waals surface area contributed by atoms with Gasteiger partial charge in [-0.15, -0.1) is 0 Å². The largest absolute Gasteiger partial charge is 0.418 e. The van der Waals surface area contributed by atoms with E-state index in [1.165, 1.54) is 19.1 Å². The zero-order valence-corrected chi connectivity index (χ0v) is 14.5. The van der Waals surface area contributed by atoms with Gasteiger partial charge in [0.2, 0.25) is 5.91 Å². The van der Waals surface area contributed by atoms with Gasteiger partial charge in [0, 0.05) is 23.5 Å². The van der Waals surface area contributed by atoms with E-state index in [4.69, 9.17) is 11.6 Å². The predicted molar refractivity (Wildman–Crippen MR) is 92.6 cm³/mol. The summed E-state index contributed by atoms with van der Waals surface area (Å²) in [6.45, 7) is 1.22. The highest BCUT2D eigenvalue weighted by Crippen LogP contribution is 2.37. The Labute approximate surface area is 155 Å². The fraction of sp³-hybridized carbons (Fsp3) is 0.111. The summed E-state index contributed by atoms with van der Waals surface area (Å²) >= 11 is 5.62. The first-order chi connectivity index (χ1) is 12.6. The number of aromatic nitrogens is 1. The molecule has 3 rings (SSSR count). The molecule has 1 N–H and O–H groups in total. The topological polar surface area (TPSA) is 51.1 Å². The molecule has 0 unspecified atom stereocenters.